The maximum absolute atomic E-state index is 14.9. The SMILES string of the molecule is COc1nc2cc(N3CCOCC3)c(F)cc2n1C(=O)CCCc1ccccc1. The zero-order chi connectivity index (χ0) is 20.2. The number of hydrogen-bond acceptors (Lipinski definition) is 5. The van der Waals surface area contributed by atoms with E-state index in [2.05, 4.69) is 4.98 Å². The van der Waals surface area contributed by atoms with Crippen molar-refractivity contribution in [3.05, 3.63) is 53.8 Å². The number of carbonyl (C=O) groups excluding carboxylic acids is 1. The van der Waals surface area contributed by atoms with Crippen LogP contribution in [-0.2, 0) is 11.2 Å². The number of methoxy groups -OCH3 is 1. The summed E-state index contributed by atoms with van der Waals surface area (Å²) in [6, 6.07) is 13.3. The van der Waals surface area contributed by atoms with Gasteiger partial charge in [0.15, 0.2) is 0 Å². The van der Waals surface area contributed by atoms with Gasteiger partial charge in [0.25, 0.3) is 0 Å². The summed E-state index contributed by atoms with van der Waals surface area (Å²) in [5.74, 6) is -0.529. The van der Waals surface area contributed by atoms with Gasteiger partial charge in [-0.05, 0) is 24.5 Å². The molecular weight excluding hydrogens is 373 g/mol. The molecule has 0 bridgehead atoms. The average Bonchev–Trinajstić information content (AvgIpc) is 3.12. The van der Waals surface area contributed by atoms with Gasteiger partial charge < -0.3 is 14.4 Å². The van der Waals surface area contributed by atoms with Gasteiger partial charge >= 0.3 is 6.01 Å². The Morgan fingerprint density at radius 2 is 1.97 bits per heavy atom. The molecule has 0 saturated carbocycles. The molecule has 7 heteroatoms. The van der Waals surface area contributed by atoms with Crippen LogP contribution in [-0.4, -0.2) is 48.9 Å². The molecule has 29 heavy (non-hydrogen) atoms. The summed E-state index contributed by atoms with van der Waals surface area (Å²) in [4.78, 5) is 19.2. The number of aryl methyl sites for hydroxylation is 1. The zero-order valence-electron chi connectivity index (χ0n) is 16.4. The molecule has 3 aromatic rings. The highest BCUT2D eigenvalue weighted by atomic mass is 19.1. The van der Waals surface area contributed by atoms with E-state index in [9.17, 15) is 9.18 Å². The third-order valence-corrected chi connectivity index (χ3v) is 5.17. The Morgan fingerprint density at radius 3 is 2.69 bits per heavy atom. The van der Waals surface area contributed by atoms with Crippen molar-refractivity contribution in [1.29, 1.82) is 0 Å². The van der Waals surface area contributed by atoms with E-state index in [4.69, 9.17) is 9.47 Å². The van der Waals surface area contributed by atoms with Gasteiger partial charge in [0, 0.05) is 25.6 Å². The normalized spacial score (nSPS) is 14.3. The van der Waals surface area contributed by atoms with E-state index in [1.54, 1.807) is 6.07 Å². The largest absolute Gasteiger partial charge is 0.468 e. The van der Waals surface area contributed by atoms with Crippen LogP contribution in [0.15, 0.2) is 42.5 Å². The average molecular weight is 397 g/mol. The predicted octanol–water partition coefficient (Wildman–Crippen LogP) is 3.68. The fourth-order valence-corrected chi connectivity index (χ4v) is 3.69. The van der Waals surface area contributed by atoms with E-state index in [1.165, 1.54) is 23.3 Å². The summed E-state index contributed by atoms with van der Waals surface area (Å²) >= 11 is 0. The number of ether oxygens (including phenoxy) is 2. The number of halogens is 1. The smallest absolute Gasteiger partial charge is 0.304 e. The molecule has 0 aliphatic carbocycles. The highest BCUT2D eigenvalue weighted by Gasteiger charge is 2.22. The molecule has 1 aromatic heterocycles. The van der Waals surface area contributed by atoms with E-state index < -0.39 is 0 Å². The van der Waals surface area contributed by atoms with E-state index >= 15 is 0 Å². The summed E-state index contributed by atoms with van der Waals surface area (Å²) in [5.41, 5.74) is 2.64. The quantitative estimate of drug-likeness (QED) is 0.635. The maximum atomic E-state index is 14.9. The highest BCUT2D eigenvalue weighted by Crippen LogP contribution is 2.30. The lowest BCUT2D eigenvalue weighted by atomic mass is 10.1. The molecule has 152 valence electrons. The van der Waals surface area contributed by atoms with Crippen molar-refractivity contribution in [1.82, 2.24) is 9.55 Å². The highest BCUT2D eigenvalue weighted by molar-refractivity contribution is 5.93. The van der Waals surface area contributed by atoms with E-state index in [1.807, 2.05) is 35.2 Å². The first-order valence-electron chi connectivity index (χ1n) is 9.83. The van der Waals surface area contributed by atoms with Gasteiger partial charge in [0.2, 0.25) is 5.91 Å². The Bertz CT molecular complexity index is 997. The van der Waals surface area contributed by atoms with Crippen molar-refractivity contribution in [3.63, 3.8) is 0 Å². The van der Waals surface area contributed by atoms with Crippen molar-refractivity contribution in [2.75, 3.05) is 38.3 Å². The Kier molecular flexibility index (Phi) is 5.76. The molecule has 0 N–H and O–H groups in total. The second-order valence-corrected chi connectivity index (χ2v) is 7.06. The van der Waals surface area contributed by atoms with Gasteiger partial charge in [-0.25, -0.2) is 8.96 Å². The first kappa shape index (κ1) is 19.4. The first-order valence-corrected chi connectivity index (χ1v) is 9.83. The Hall–Kier alpha value is -2.93. The minimum atomic E-state index is -0.375. The number of fused-ring (bicyclic) bond motifs is 1. The topological polar surface area (TPSA) is 56.6 Å². The fraction of sp³-hybridized carbons (Fsp3) is 0.364. The van der Waals surface area contributed by atoms with Gasteiger partial charge in [-0.2, -0.15) is 4.98 Å². The summed E-state index contributed by atoms with van der Waals surface area (Å²) < 4.78 is 26.9. The number of aromatic nitrogens is 2. The lowest BCUT2D eigenvalue weighted by Crippen LogP contribution is -2.36. The van der Waals surface area contributed by atoms with Gasteiger partial charge in [-0.3, -0.25) is 4.79 Å². The van der Waals surface area contributed by atoms with Crippen LogP contribution in [0.4, 0.5) is 10.1 Å². The van der Waals surface area contributed by atoms with Crippen LogP contribution in [0.25, 0.3) is 11.0 Å². The number of anilines is 1. The molecule has 0 unspecified atom stereocenters. The van der Waals surface area contributed by atoms with Gasteiger partial charge in [0.1, 0.15) is 5.82 Å². The second kappa shape index (κ2) is 8.61. The van der Waals surface area contributed by atoms with E-state index in [-0.39, 0.29) is 17.7 Å². The molecule has 1 fully saturated rings. The second-order valence-electron chi connectivity index (χ2n) is 7.06. The van der Waals surface area contributed by atoms with Crippen molar-refractivity contribution in [3.8, 4) is 6.01 Å². The van der Waals surface area contributed by atoms with Crippen molar-refractivity contribution in [2.24, 2.45) is 0 Å². The van der Waals surface area contributed by atoms with Crippen LogP contribution in [0.5, 0.6) is 6.01 Å². The van der Waals surface area contributed by atoms with Crippen LogP contribution in [0.1, 0.15) is 23.2 Å². The molecule has 2 aromatic carbocycles. The molecule has 2 heterocycles. The Labute approximate surface area is 168 Å². The zero-order valence-corrected chi connectivity index (χ0v) is 16.4. The number of rotatable bonds is 6. The molecule has 6 nitrogen and oxygen atoms in total. The lowest BCUT2D eigenvalue weighted by Gasteiger charge is -2.29. The number of hydrogen-bond donors (Lipinski definition) is 0. The third kappa shape index (κ3) is 4.10. The molecular formula is C22H24FN3O3. The van der Waals surface area contributed by atoms with Crippen molar-refractivity contribution in [2.45, 2.75) is 19.3 Å². The van der Waals surface area contributed by atoms with Gasteiger partial charge in [0.05, 0.1) is 37.0 Å². The summed E-state index contributed by atoms with van der Waals surface area (Å²) in [7, 11) is 1.47. The van der Waals surface area contributed by atoms with Crippen LogP contribution >= 0.6 is 0 Å². The standard InChI is InChI=1S/C22H24FN3O3/c1-28-22-24-18-15-19(25-10-12-29-13-11-25)17(23)14-20(18)26(22)21(27)9-5-8-16-6-3-2-4-7-16/h2-4,6-7,14-15H,5,8-13H2,1H3. The van der Waals surface area contributed by atoms with Crippen molar-refractivity contribution >= 4 is 22.6 Å². The van der Waals surface area contributed by atoms with Crippen LogP contribution in [0.3, 0.4) is 0 Å². The van der Waals surface area contributed by atoms with Crippen molar-refractivity contribution < 1.29 is 18.7 Å². The maximum Gasteiger partial charge on any atom is 0.304 e. The summed E-state index contributed by atoms with van der Waals surface area (Å²) in [5, 5.41) is 0. The fourth-order valence-electron chi connectivity index (χ4n) is 3.69. The first-order chi connectivity index (χ1) is 14.2. The predicted molar refractivity (Wildman–Crippen MR) is 109 cm³/mol. The molecule has 0 spiro atoms. The molecule has 0 atom stereocenters. The van der Waals surface area contributed by atoms with Gasteiger partial charge in [-0.15, -0.1) is 0 Å². The van der Waals surface area contributed by atoms with Crippen LogP contribution in [0, 0.1) is 5.82 Å². The third-order valence-electron chi connectivity index (χ3n) is 5.17. The lowest BCUT2D eigenvalue weighted by molar-refractivity contribution is 0.0894. The van der Waals surface area contributed by atoms with Crippen LogP contribution < -0.4 is 9.64 Å². The summed E-state index contributed by atoms with van der Waals surface area (Å²) in [6.45, 7) is 2.38. The number of imidazole rings is 1. The molecule has 0 amide bonds. The molecule has 1 aliphatic heterocycles. The number of benzene rings is 2. The van der Waals surface area contributed by atoms with E-state index in [0.717, 1.165) is 6.42 Å². The minimum absolute atomic E-state index is 0.154. The minimum Gasteiger partial charge on any atom is -0.468 e. The number of morpholine rings is 1. The van der Waals surface area contributed by atoms with E-state index in [0.29, 0.717) is 55.9 Å². The Balaban J connectivity index is 1.57. The monoisotopic (exact) mass is 397 g/mol. The summed E-state index contributed by atoms with van der Waals surface area (Å²) in [6.07, 6.45) is 1.82. The number of carbonyl (C=O) groups is 1. The molecule has 1 aliphatic rings. The number of nitrogens with zero attached hydrogens (tertiary/aromatic N) is 3. The van der Waals surface area contributed by atoms with Gasteiger partial charge in [-0.1, -0.05) is 30.3 Å². The molecule has 4 rings (SSSR count). The van der Waals surface area contributed by atoms with Crippen LogP contribution in [0.2, 0.25) is 0 Å². The Morgan fingerprint density at radius 1 is 1.21 bits per heavy atom. The molecule has 0 radical (unpaired) electrons. The molecule has 1 saturated heterocycles.